The highest BCUT2D eigenvalue weighted by atomic mass is 32.2. The molecular weight excluding hydrogens is 341 g/mol. The van der Waals surface area contributed by atoms with Crippen LogP contribution in [0.1, 0.15) is 26.3 Å². The maximum absolute atomic E-state index is 12.4. The lowest BCUT2D eigenvalue weighted by atomic mass is 9.79. The monoisotopic (exact) mass is 363 g/mol. The highest BCUT2D eigenvalue weighted by Crippen LogP contribution is 2.17. The van der Waals surface area contributed by atoms with E-state index in [1.165, 1.54) is 18.2 Å². The van der Waals surface area contributed by atoms with Gasteiger partial charge in [0.2, 0.25) is 10.0 Å². The van der Waals surface area contributed by atoms with E-state index in [1.807, 2.05) is 30.3 Å². The van der Waals surface area contributed by atoms with Crippen LogP contribution in [-0.4, -0.2) is 31.1 Å². The lowest BCUT2D eigenvalue weighted by Gasteiger charge is -2.21. The van der Waals surface area contributed by atoms with E-state index in [2.05, 4.69) is 4.72 Å². The molecule has 8 heteroatoms. The first kappa shape index (κ1) is 19.5. The molecule has 0 spiro atoms. The molecule has 2 rings (SSSR count). The molecule has 2 aromatic rings. The normalized spacial score (nSPS) is 12.0. The Kier molecular flexibility index (Phi) is 5.89. The lowest BCUT2D eigenvalue weighted by molar-refractivity contribution is 0.306. The molecular formula is C17H22BNO5S. The van der Waals surface area contributed by atoms with Crippen LogP contribution in [0, 0.1) is 0 Å². The van der Waals surface area contributed by atoms with Crippen molar-refractivity contribution in [3.8, 4) is 5.75 Å². The summed E-state index contributed by atoms with van der Waals surface area (Å²) in [4.78, 5) is -0.0578. The average molecular weight is 363 g/mol. The average Bonchev–Trinajstić information content (AvgIpc) is 2.51. The first-order valence-corrected chi connectivity index (χ1v) is 9.27. The molecule has 0 bridgehead atoms. The lowest BCUT2D eigenvalue weighted by Crippen LogP contribution is -2.41. The molecule has 3 N–H and O–H groups in total. The Hall–Kier alpha value is -1.87. The number of hydrogen-bond donors (Lipinski definition) is 3. The summed E-state index contributed by atoms with van der Waals surface area (Å²) in [5, 5.41) is 19.2. The third-order valence-electron chi connectivity index (χ3n) is 3.25. The summed E-state index contributed by atoms with van der Waals surface area (Å²) in [6.45, 7) is 5.41. The van der Waals surface area contributed by atoms with Crippen molar-refractivity contribution in [2.75, 3.05) is 0 Å². The zero-order valence-corrected chi connectivity index (χ0v) is 15.2. The van der Waals surface area contributed by atoms with Gasteiger partial charge in [-0.3, -0.25) is 0 Å². The number of benzene rings is 2. The van der Waals surface area contributed by atoms with E-state index in [-0.39, 0.29) is 22.7 Å². The van der Waals surface area contributed by atoms with Crippen LogP contribution in [0.4, 0.5) is 0 Å². The van der Waals surface area contributed by atoms with Gasteiger partial charge in [0.15, 0.2) is 0 Å². The van der Waals surface area contributed by atoms with Gasteiger partial charge in [0.1, 0.15) is 12.4 Å². The molecule has 0 fully saturated rings. The summed E-state index contributed by atoms with van der Waals surface area (Å²) in [5.41, 5.74) is 0.249. The van der Waals surface area contributed by atoms with Gasteiger partial charge < -0.3 is 14.8 Å². The zero-order chi connectivity index (χ0) is 18.7. The van der Waals surface area contributed by atoms with E-state index >= 15 is 0 Å². The van der Waals surface area contributed by atoms with Gasteiger partial charge >= 0.3 is 7.12 Å². The van der Waals surface area contributed by atoms with Crippen molar-refractivity contribution in [2.45, 2.75) is 37.8 Å². The van der Waals surface area contributed by atoms with Gasteiger partial charge in [-0.25, -0.2) is 13.1 Å². The zero-order valence-electron chi connectivity index (χ0n) is 14.4. The summed E-state index contributed by atoms with van der Waals surface area (Å²) in [6.07, 6.45) is 0. The van der Waals surface area contributed by atoms with Gasteiger partial charge in [0, 0.05) is 11.0 Å². The second-order valence-electron chi connectivity index (χ2n) is 6.70. The van der Waals surface area contributed by atoms with E-state index in [1.54, 1.807) is 20.8 Å². The highest BCUT2D eigenvalue weighted by Gasteiger charge is 2.25. The highest BCUT2D eigenvalue weighted by molar-refractivity contribution is 7.89. The van der Waals surface area contributed by atoms with Gasteiger partial charge in [-0.05, 0) is 44.5 Å². The summed E-state index contributed by atoms with van der Waals surface area (Å²) in [6, 6.07) is 13.4. The van der Waals surface area contributed by atoms with Crippen LogP contribution in [0.25, 0.3) is 0 Å². The van der Waals surface area contributed by atoms with Crippen molar-refractivity contribution in [3.63, 3.8) is 0 Å². The topological polar surface area (TPSA) is 95.9 Å². The molecule has 0 aliphatic heterocycles. The molecule has 0 aliphatic rings. The van der Waals surface area contributed by atoms with Crippen molar-refractivity contribution in [1.29, 1.82) is 0 Å². The third kappa shape index (κ3) is 5.57. The Morgan fingerprint density at radius 3 is 2.28 bits per heavy atom. The number of hydrogen-bond acceptors (Lipinski definition) is 5. The Labute approximate surface area is 148 Å². The number of ether oxygens (including phenoxy) is 1. The Morgan fingerprint density at radius 1 is 1.08 bits per heavy atom. The van der Waals surface area contributed by atoms with Crippen LogP contribution < -0.4 is 14.9 Å². The molecule has 0 saturated heterocycles. The maximum Gasteiger partial charge on any atom is 0.492 e. The van der Waals surface area contributed by atoms with Crippen LogP contribution >= 0.6 is 0 Å². The van der Waals surface area contributed by atoms with Gasteiger partial charge in [0.25, 0.3) is 0 Å². The minimum atomic E-state index is -3.79. The third-order valence-corrected chi connectivity index (χ3v) is 5.00. The Balaban J connectivity index is 2.28. The molecule has 0 heterocycles. The van der Waals surface area contributed by atoms with Crippen LogP contribution in [0.15, 0.2) is 53.4 Å². The predicted molar refractivity (Wildman–Crippen MR) is 97.1 cm³/mol. The maximum atomic E-state index is 12.4. The molecule has 0 amide bonds. The SMILES string of the molecule is CC(C)(C)NS(=O)(=O)c1ccc(OCc2ccccc2)c(B(O)O)c1. The summed E-state index contributed by atoms with van der Waals surface area (Å²) >= 11 is 0. The fourth-order valence-electron chi connectivity index (χ4n) is 2.22. The van der Waals surface area contributed by atoms with Crippen molar-refractivity contribution in [3.05, 3.63) is 54.1 Å². The van der Waals surface area contributed by atoms with Crippen LogP contribution in [0.3, 0.4) is 0 Å². The molecule has 25 heavy (non-hydrogen) atoms. The van der Waals surface area contributed by atoms with E-state index in [0.717, 1.165) is 5.56 Å². The predicted octanol–water partition coefficient (Wildman–Crippen LogP) is 1.02. The van der Waals surface area contributed by atoms with Crippen LogP contribution in [0.2, 0.25) is 0 Å². The van der Waals surface area contributed by atoms with E-state index in [0.29, 0.717) is 0 Å². The minimum absolute atomic E-state index is 0.00675. The molecule has 0 radical (unpaired) electrons. The van der Waals surface area contributed by atoms with Crippen molar-refractivity contribution < 1.29 is 23.2 Å². The summed E-state index contributed by atoms with van der Waals surface area (Å²) in [7, 11) is -5.64. The molecule has 0 unspecified atom stereocenters. The fourth-order valence-corrected chi connectivity index (χ4v) is 3.68. The van der Waals surface area contributed by atoms with Crippen molar-refractivity contribution in [2.24, 2.45) is 0 Å². The summed E-state index contributed by atoms with van der Waals surface area (Å²) in [5.74, 6) is 0.216. The Morgan fingerprint density at radius 2 is 1.72 bits per heavy atom. The molecule has 6 nitrogen and oxygen atoms in total. The molecule has 0 atom stereocenters. The Bertz CT molecular complexity index is 817. The second kappa shape index (κ2) is 7.57. The van der Waals surface area contributed by atoms with E-state index in [4.69, 9.17) is 4.74 Å². The number of nitrogens with one attached hydrogen (secondary N) is 1. The number of sulfonamides is 1. The van der Waals surface area contributed by atoms with E-state index in [9.17, 15) is 18.5 Å². The minimum Gasteiger partial charge on any atom is -0.489 e. The van der Waals surface area contributed by atoms with Crippen molar-refractivity contribution in [1.82, 2.24) is 4.72 Å². The largest absolute Gasteiger partial charge is 0.492 e. The molecule has 0 saturated carbocycles. The fraction of sp³-hybridized carbons (Fsp3) is 0.294. The molecule has 0 aliphatic carbocycles. The molecule has 0 aromatic heterocycles. The van der Waals surface area contributed by atoms with Gasteiger partial charge in [0.05, 0.1) is 4.90 Å². The molecule has 134 valence electrons. The van der Waals surface area contributed by atoms with Gasteiger partial charge in [-0.2, -0.15) is 0 Å². The van der Waals surface area contributed by atoms with Crippen LogP contribution in [-0.2, 0) is 16.6 Å². The first-order valence-electron chi connectivity index (χ1n) is 7.79. The van der Waals surface area contributed by atoms with Crippen LogP contribution in [0.5, 0.6) is 5.75 Å². The quantitative estimate of drug-likeness (QED) is 0.666. The van der Waals surface area contributed by atoms with Gasteiger partial charge in [-0.1, -0.05) is 30.3 Å². The number of rotatable bonds is 6. The second-order valence-corrected chi connectivity index (χ2v) is 8.39. The first-order chi connectivity index (χ1) is 11.6. The standard InChI is InChI=1S/C17H22BNO5S/c1-17(2,3)19-25(22,23)14-9-10-16(15(11-14)18(20)21)24-12-13-7-5-4-6-8-13/h4-11,19-21H,12H2,1-3H3. The summed E-state index contributed by atoms with van der Waals surface area (Å²) < 4.78 is 32.9. The van der Waals surface area contributed by atoms with Crippen molar-refractivity contribution >= 4 is 22.6 Å². The van der Waals surface area contributed by atoms with E-state index < -0.39 is 22.7 Å². The smallest absolute Gasteiger partial charge is 0.489 e. The molecule has 2 aromatic carbocycles. The van der Waals surface area contributed by atoms with Gasteiger partial charge in [-0.15, -0.1) is 0 Å².